The van der Waals surface area contributed by atoms with Crippen LogP contribution in [0, 0.1) is 5.92 Å². The van der Waals surface area contributed by atoms with Crippen molar-refractivity contribution in [3.05, 3.63) is 35.4 Å². The zero-order valence-electron chi connectivity index (χ0n) is 15.8. The van der Waals surface area contributed by atoms with Crippen LogP contribution in [0.1, 0.15) is 67.8 Å². The molecule has 0 aliphatic heterocycles. The number of rotatable bonds is 9. The van der Waals surface area contributed by atoms with Crippen LogP contribution >= 0.6 is 24.0 Å². The number of hydrogen-bond donors (Lipinski definition) is 3. The average Bonchev–Trinajstić information content (AvgIpc) is 3.13. The first-order valence-electron chi connectivity index (χ1n) is 9.60. The summed E-state index contributed by atoms with van der Waals surface area (Å²) in [5, 5.41) is 6.67. The molecular formula is C20H33IN4O. The number of benzene rings is 1. The van der Waals surface area contributed by atoms with E-state index in [-0.39, 0.29) is 24.0 Å². The van der Waals surface area contributed by atoms with Crippen molar-refractivity contribution in [1.29, 1.82) is 0 Å². The molecule has 0 saturated heterocycles. The molecule has 1 amide bonds. The topological polar surface area (TPSA) is 79.5 Å². The number of nitrogens with one attached hydrogen (secondary N) is 2. The molecule has 0 unspecified atom stereocenters. The van der Waals surface area contributed by atoms with Crippen LogP contribution in [0.15, 0.2) is 29.3 Å². The van der Waals surface area contributed by atoms with E-state index in [2.05, 4.69) is 22.5 Å². The Morgan fingerprint density at radius 3 is 2.69 bits per heavy atom. The predicted molar refractivity (Wildman–Crippen MR) is 119 cm³/mol. The number of amides is 1. The molecule has 6 heteroatoms. The Morgan fingerprint density at radius 1 is 1.23 bits per heavy atom. The highest BCUT2D eigenvalue weighted by molar-refractivity contribution is 14.0. The maximum Gasteiger partial charge on any atom is 0.248 e. The smallest absolute Gasteiger partial charge is 0.248 e. The molecule has 0 atom stereocenters. The van der Waals surface area contributed by atoms with Crippen molar-refractivity contribution in [2.75, 3.05) is 13.1 Å². The third-order valence-electron chi connectivity index (χ3n) is 4.78. The van der Waals surface area contributed by atoms with E-state index in [1.54, 1.807) is 12.1 Å². The Kier molecular flexibility index (Phi) is 11.3. The van der Waals surface area contributed by atoms with Crippen LogP contribution in [-0.2, 0) is 6.54 Å². The molecule has 0 radical (unpaired) electrons. The zero-order chi connectivity index (χ0) is 17.9. The highest BCUT2D eigenvalue weighted by Gasteiger charge is 2.13. The van der Waals surface area contributed by atoms with Crippen LogP contribution in [0.4, 0.5) is 0 Å². The van der Waals surface area contributed by atoms with Crippen LogP contribution < -0.4 is 16.4 Å². The normalized spacial score (nSPS) is 14.7. The van der Waals surface area contributed by atoms with Crippen molar-refractivity contribution < 1.29 is 4.79 Å². The first kappa shape index (κ1) is 22.7. The lowest BCUT2D eigenvalue weighted by Crippen LogP contribution is -2.37. The fourth-order valence-electron chi connectivity index (χ4n) is 3.40. The molecule has 4 N–H and O–H groups in total. The third kappa shape index (κ3) is 8.38. The maximum absolute atomic E-state index is 11.3. The van der Waals surface area contributed by atoms with Gasteiger partial charge in [-0.25, -0.2) is 4.99 Å². The summed E-state index contributed by atoms with van der Waals surface area (Å²) in [5.74, 6) is 1.39. The van der Waals surface area contributed by atoms with Crippen LogP contribution in [0.3, 0.4) is 0 Å². The molecule has 1 aliphatic rings. The van der Waals surface area contributed by atoms with Gasteiger partial charge in [0.1, 0.15) is 0 Å². The SMILES string of the molecule is CCNC(=NCc1cccc(C(N)=O)c1)NCCCCC1CCCC1.I. The standard InChI is InChI=1S/C20H32N4O.HI/c1-2-22-20(23-13-6-5-10-16-8-3-4-9-16)24-15-17-11-7-12-18(14-17)19(21)25;/h7,11-12,14,16H,2-6,8-10,13,15H2,1H3,(H2,21,25)(H2,22,23,24);1H. The minimum absolute atomic E-state index is 0. The number of aliphatic imine (C=N–C) groups is 1. The van der Waals surface area contributed by atoms with Gasteiger partial charge in [-0.1, -0.05) is 50.7 Å². The van der Waals surface area contributed by atoms with Crippen molar-refractivity contribution in [3.63, 3.8) is 0 Å². The van der Waals surface area contributed by atoms with Crippen LogP contribution in [0.5, 0.6) is 0 Å². The summed E-state index contributed by atoms with van der Waals surface area (Å²) in [6, 6.07) is 7.33. The minimum atomic E-state index is -0.405. The van der Waals surface area contributed by atoms with E-state index in [0.717, 1.165) is 30.5 Å². The summed E-state index contributed by atoms with van der Waals surface area (Å²) >= 11 is 0. The Bertz CT molecular complexity index is 571. The van der Waals surface area contributed by atoms with Crippen molar-refractivity contribution in [2.45, 2.75) is 58.4 Å². The van der Waals surface area contributed by atoms with Crippen molar-refractivity contribution in [1.82, 2.24) is 10.6 Å². The molecule has 0 bridgehead atoms. The fourth-order valence-corrected chi connectivity index (χ4v) is 3.40. The first-order valence-corrected chi connectivity index (χ1v) is 9.60. The molecular weight excluding hydrogens is 439 g/mol. The molecule has 1 aliphatic carbocycles. The number of guanidine groups is 1. The molecule has 26 heavy (non-hydrogen) atoms. The van der Waals surface area contributed by atoms with Gasteiger partial charge in [0.25, 0.3) is 0 Å². The van der Waals surface area contributed by atoms with E-state index >= 15 is 0 Å². The molecule has 1 fully saturated rings. The second-order valence-electron chi connectivity index (χ2n) is 6.83. The third-order valence-corrected chi connectivity index (χ3v) is 4.78. The highest BCUT2D eigenvalue weighted by atomic mass is 127. The summed E-state index contributed by atoms with van der Waals surface area (Å²) in [5.41, 5.74) is 6.83. The minimum Gasteiger partial charge on any atom is -0.366 e. The molecule has 0 heterocycles. The van der Waals surface area contributed by atoms with Crippen LogP contribution in [0.25, 0.3) is 0 Å². The molecule has 2 rings (SSSR count). The van der Waals surface area contributed by atoms with Gasteiger partial charge in [-0.05, 0) is 37.0 Å². The highest BCUT2D eigenvalue weighted by Crippen LogP contribution is 2.28. The molecule has 1 aromatic carbocycles. The number of carbonyl (C=O) groups excluding carboxylic acids is 1. The zero-order valence-corrected chi connectivity index (χ0v) is 18.1. The van der Waals surface area contributed by atoms with Crippen molar-refractivity contribution in [2.24, 2.45) is 16.6 Å². The van der Waals surface area contributed by atoms with Crippen molar-refractivity contribution >= 4 is 35.8 Å². The lowest BCUT2D eigenvalue weighted by molar-refractivity contribution is 0.1000. The summed E-state index contributed by atoms with van der Waals surface area (Å²) in [4.78, 5) is 15.9. The largest absolute Gasteiger partial charge is 0.366 e. The number of nitrogens with two attached hydrogens (primary N) is 1. The molecule has 1 saturated carbocycles. The number of primary amides is 1. The number of unbranched alkanes of at least 4 members (excludes halogenated alkanes) is 1. The monoisotopic (exact) mass is 472 g/mol. The van der Waals surface area contributed by atoms with Gasteiger partial charge in [-0.3, -0.25) is 4.79 Å². The number of hydrogen-bond acceptors (Lipinski definition) is 2. The van der Waals surface area contributed by atoms with Gasteiger partial charge in [0.05, 0.1) is 6.54 Å². The van der Waals surface area contributed by atoms with Gasteiger partial charge in [-0.2, -0.15) is 0 Å². The summed E-state index contributed by atoms with van der Waals surface area (Å²) in [7, 11) is 0. The van der Waals surface area contributed by atoms with E-state index < -0.39 is 5.91 Å². The Morgan fingerprint density at radius 2 is 2.00 bits per heavy atom. The van der Waals surface area contributed by atoms with Gasteiger partial charge >= 0.3 is 0 Å². The van der Waals surface area contributed by atoms with Crippen LogP contribution in [-0.4, -0.2) is 25.0 Å². The molecule has 0 aromatic heterocycles. The van der Waals surface area contributed by atoms with Gasteiger partial charge in [0.15, 0.2) is 5.96 Å². The number of nitrogens with zero attached hydrogens (tertiary/aromatic N) is 1. The van der Waals surface area contributed by atoms with Gasteiger partial charge in [0.2, 0.25) is 5.91 Å². The molecule has 146 valence electrons. The van der Waals surface area contributed by atoms with Gasteiger partial charge < -0.3 is 16.4 Å². The lowest BCUT2D eigenvalue weighted by atomic mass is 10.0. The Hall–Kier alpha value is -1.31. The van der Waals surface area contributed by atoms with Gasteiger partial charge in [-0.15, -0.1) is 24.0 Å². The first-order chi connectivity index (χ1) is 12.2. The van der Waals surface area contributed by atoms with E-state index in [1.165, 1.54) is 44.9 Å². The summed E-state index contributed by atoms with van der Waals surface area (Å²) in [6.45, 7) is 4.36. The van der Waals surface area contributed by atoms with E-state index in [1.807, 2.05) is 12.1 Å². The van der Waals surface area contributed by atoms with E-state index in [0.29, 0.717) is 12.1 Å². The van der Waals surface area contributed by atoms with E-state index in [9.17, 15) is 4.79 Å². The maximum atomic E-state index is 11.3. The Balaban J connectivity index is 0.00000338. The van der Waals surface area contributed by atoms with Crippen molar-refractivity contribution in [3.8, 4) is 0 Å². The predicted octanol–water partition coefficient (Wildman–Crippen LogP) is 3.82. The molecule has 0 spiro atoms. The van der Waals surface area contributed by atoms with Crippen LogP contribution in [0.2, 0.25) is 0 Å². The van der Waals surface area contributed by atoms with E-state index in [4.69, 9.17) is 5.73 Å². The number of carbonyl (C=O) groups is 1. The quantitative estimate of drug-likeness (QED) is 0.221. The second-order valence-corrected chi connectivity index (χ2v) is 6.83. The summed E-state index contributed by atoms with van der Waals surface area (Å²) in [6.07, 6.45) is 9.56. The molecule has 5 nitrogen and oxygen atoms in total. The number of halogens is 1. The Labute approximate surface area is 174 Å². The lowest BCUT2D eigenvalue weighted by Gasteiger charge is -2.12. The molecule has 1 aromatic rings. The summed E-state index contributed by atoms with van der Waals surface area (Å²) < 4.78 is 0. The second kappa shape index (κ2) is 12.9. The van der Waals surface area contributed by atoms with Gasteiger partial charge in [0, 0.05) is 18.7 Å². The average molecular weight is 472 g/mol. The fraction of sp³-hybridized carbons (Fsp3) is 0.600.